The fraction of sp³-hybridized carbons (Fsp3) is 0.333. The molecule has 0 saturated heterocycles. The smallest absolute Gasteiger partial charge is 0.355 e. The van der Waals surface area contributed by atoms with Crippen molar-refractivity contribution in [3.63, 3.8) is 0 Å². The Morgan fingerprint density at radius 3 is 2.90 bits per heavy atom. The lowest BCUT2D eigenvalue weighted by atomic mass is 10.4. The van der Waals surface area contributed by atoms with E-state index in [9.17, 15) is 9.59 Å². The SMILES string of the molecule is Cc1cnn(CC(=O)NCCc2nc(C(=O)O)cs2)c1. The summed E-state index contributed by atoms with van der Waals surface area (Å²) >= 11 is 1.28. The lowest BCUT2D eigenvalue weighted by Crippen LogP contribution is -2.29. The zero-order chi connectivity index (χ0) is 14.5. The van der Waals surface area contributed by atoms with Crippen molar-refractivity contribution in [2.45, 2.75) is 19.9 Å². The minimum atomic E-state index is -1.04. The number of amides is 1. The van der Waals surface area contributed by atoms with E-state index >= 15 is 0 Å². The normalized spacial score (nSPS) is 10.4. The van der Waals surface area contributed by atoms with Gasteiger partial charge in [0.05, 0.1) is 11.2 Å². The van der Waals surface area contributed by atoms with Crippen LogP contribution < -0.4 is 5.32 Å². The molecule has 2 heterocycles. The van der Waals surface area contributed by atoms with Crippen molar-refractivity contribution in [3.05, 3.63) is 34.0 Å². The first kappa shape index (κ1) is 14.2. The van der Waals surface area contributed by atoms with Crippen LogP contribution in [0, 0.1) is 6.92 Å². The number of hydrogen-bond acceptors (Lipinski definition) is 5. The molecule has 0 atom stereocenters. The van der Waals surface area contributed by atoms with Gasteiger partial charge in [-0.15, -0.1) is 11.3 Å². The number of thiazole rings is 1. The molecule has 0 aliphatic carbocycles. The summed E-state index contributed by atoms with van der Waals surface area (Å²) < 4.78 is 1.57. The number of hydrogen-bond donors (Lipinski definition) is 2. The van der Waals surface area contributed by atoms with E-state index in [0.717, 1.165) is 5.56 Å². The number of aryl methyl sites for hydroxylation is 1. The average molecular weight is 294 g/mol. The van der Waals surface area contributed by atoms with Gasteiger partial charge < -0.3 is 10.4 Å². The van der Waals surface area contributed by atoms with Gasteiger partial charge >= 0.3 is 5.97 Å². The summed E-state index contributed by atoms with van der Waals surface area (Å²) in [5.74, 6) is -1.17. The molecule has 0 bridgehead atoms. The number of aromatic nitrogens is 3. The third kappa shape index (κ3) is 3.89. The molecule has 2 aromatic rings. The van der Waals surface area contributed by atoms with Gasteiger partial charge in [-0.1, -0.05) is 0 Å². The van der Waals surface area contributed by atoms with E-state index in [0.29, 0.717) is 18.0 Å². The van der Waals surface area contributed by atoms with Crippen LogP contribution in [0.25, 0.3) is 0 Å². The van der Waals surface area contributed by atoms with Crippen LogP contribution >= 0.6 is 11.3 Å². The molecule has 0 spiro atoms. The van der Waals surface area contributed by atoms with Crippen LogP contribution in [-0.2, 0) is 17.8 Å². The molecule has 0 aliphatic rings. The summed E-state index contributed by atoms with van der Waals surface area (Å²) in [6.07, 6.45) is 4.00. The van der Waals surface area contributed by atoms with Gasteiger partial charge in [-0.25, -0.2) is 9.78 Å². The minimum absolute atomic E-state index is 0.0448. The van der Waals surface area contributed by atoms with Gasteiger partial charge in [0, 0.05) is 24.5 Å². The number of nitrogens with one attached hydrogen (secondary N) is 1. The average Bonchev–Trinajstić information content (AvgIpc) is 2.99. The molecule has 106 valence electrons. The number of rotatable bonds is 6. The summed E-state index contributed by atoms with van der Waals surface area (Å²) in [6, 6.07) is 0. The maximum atomic E-state index is 11.6. The Kier molecular flexibility index (Phi) is 4.46. The monoisotopic (exact) mass is 294 g/mol. The van der Waals surface area contributed by atoms with E-state index in [1.165, 1.54) is 16.7 Å². The van der Waals surface area contributed by atoms with Crippen molar-refractivity contribution in [1.82, 2.24) is 20.1 Å². The quantitative estimate of drug-likeness (QED) is 0.817. The first-order valence-electron chi connectivity index (χ1n) is 5.98. The van der Waals surface area contributed by atoms with Crippen molar-refractivity contribution in [2.75, 3.05) is 6.54 Å². The van der Waals surface area contributed by atoms with E-state index in [1.54, 1.807) is 17.1 Å². The van der Waals surface area contributed by atoms with Crippen LogP contribution in [0.1, 0.15) is 21.1 Å². The van der Waals surface area contributed by atoms with Gasteiger partial charge in [0.1, 0.15) is 6.54 Å². The second kappa shape index (κ2) is 6.29. The Balaban J connectivity index is 1.74. The van der Waals surface area contributed by atoms with Gasteiger partial charge in [0.25, 0.3) is 0 Å². The van der Waals surface area contributed by atoms with Crippen LogP contribution in [0.3, 0.4) is 0 Å². The summed E-state index contributed by atoms with van der Waals surface area (Å²) in [4.78, 5) is 26.3. The van der Waals surface area contributed by atoms with Crippen LogP contribution in [0.5, 0.6) is 0 Å². The van der Waals surface area contributed by atoms with Crippen molar-refractivity contribution >= 4 is 23.2 Å². The van der Waals surface area contributed by atoms with Crippen molar-refractivity contribution in [3.8, 4) is 0 Å². The maximum absolute atomic E-state index is 11.6. The first-order chi connectivity index (χ1) is 9.54. The van der Waals surface area contributed by atoms with Gasteiger partial charge in [-0.3, -0.25) is 9.48 Å². The molecule has 7 nitrogen and oxygen atoms in total. The number of aromatic carboxylic acids is 1. The Morgan fingerprint density at radius 1 is 1.50 bits per heavy atom. The van der Waals surface area contributed by atoms with Crippen LogP contribution in [0.15, 0.2) is 17.8 Å². The molecular formula is C12H14N4O3S. The van der Waals surface area contributed by atoms with Crippen molar-refractivity contribution < 1.29 is 14.7 Å². The Labute approximate surface area is 119 Å². The molecule has 0 aliphatic heterocycles. The summed E-state index contributed by atoms with van der Waals surface area (Å²) in [5.41, 5.74) is 1.05. The third-order valence-corrected chi connectivity index (χ3v) is 3.41. The predicted molar refractivity (Wildman–Crippen MR) is 72.8 cm³/mol. The molecule has 2 rings (SSSR count). The minimum Gasteiger partial charge on any atom is -0.476 e. The van der Waals surface area contributed by atoms with Gasteiger partial charge in [0.2, 0.25) is 5.91 Å². The second-order valence-electron chi connectivity index (χ2n) is 4.25. The molecule has 0 unspecified atom stereocenters. The number of nitrogens with zero attached hydrogens (tertiary/aromatic N) is 3. The largest absolute Gasteiger partial charge is 0.476 e. The van der Waals surface area contributed by atoms with E-state index in [4.69, 9.17) is 5.11 Å². The zero-order valence-electron chi connectivity index (χ0n) is 10.9. The fourth-order valence-electron chi connectivity index (χ4n) is 1.59. The van der Waals surface area contributed by atoms with E-state index in [2.05, 4.69) is 15.4 Å². The fourth-order valence-corrected chi connectivity index (χ4v) is 2.36. The standard InChI is InChI=1S/C12H14N4O3S/c1-8-4-14-16(5-8)6-10(17)13-3-2-11-15-9(7-20-11)12(18)19/h4-5,7H,2-3,6H2,1H3,(H,13,17)(H,18,19). The predicted octanol–water partition coefficient (Wildman–Crippen LogP) is 0.705. The highest BCUT2D eigenvalue weighted by atomic mass is 32.1. The summed E-state index contributed by atoms with van der Waals surface area (Å²) in [7, 11) is 0. The number of carboxylic acid groups (broad SMARTS) is 1. The van der Waals surface area contributed by atoms with Crippen LogP contribution in [0.4, 0.5) is 0 Å². The van der Waals surface area contributed by atoms with Gasteiger partial charge in [0.15, 0.2) is 5.69 Å². The highest BCUT2D eigenvalue weighted by Gasteiger charge is 2.09. The maximum Gasteiger partial charge on any atom is 0.355 e. The number of carbonyl (C=O) groups excluding carboxylic acids is 1. The van der Waals surface area contributed by atoms with Crippen LogP contribution in [0.2, 0.25) is 0 Å². The third-order valence-electron chi connectivity index (χ3n) is 2.50. The first-order valence-corrected chi connectivity index (χ1v) is 6.86. The van der Waals surface area contributed by atoms with E-state index < -0.39 is 5.97 Å². The molecule has 0 saturated carbocycles. The van der Waals surface area contributed by atoms with Crippen LogP contribution in [-0.4, -0.2) is 38.3 Å². The number of carbonyl (C=O) groups is 2. The molecule has 8 heteroatoms. The van der Waals surface area contributed by atoms with Crippen molar-refractivity contribution in [2.24, 2.45) is 0 Å². The Hall–Kier alpha value is -2.22. The molecule has 0 fully saturated rings. The summed E-state index contributed by atoms with van der Waals surface area (Å²) in [6.45, 7) is 2.50. The molecular weight excluding hydrogens is 280 g/mol. The lowest BCUT2D eigenvalue weighted by Gasteiger charge is -2.03. The van der Waals surface area contributed by atoms with Gasteiger partial charge in [-0.2, -0.15) is 5.10 Å². The molecule has 0 aromatic carbocycles. The van der Waals surface area contributed by atoms with Gasteiger partial charge in [-0.05, 0) is 12.5 Å². The topological polar surface area (TPSA) is 97.1 Å². The molecule has 20 heavy (non-hydrogen) atoms. The lowest BCUT2D eigenvalue weighted by molar-refractivity contribution is -0.121. The molecule has 1 amide bonds. The highest BCUT2D eigenvalue weighted by molar-refractivity contribution is 7.09. The van der Waals surface area contributed by atoms with Crippen molar-refractivity contribution in [1.29, 1.82) is 0 Å². The second-order valence-corrected chi connectivity index (χ2v) is 5.19. The Bertz CT molecular complexity index is 620. The zero-order valence-corrected chi connectivity index (χ0v) is 11.7. The summed E-state index contributed by atoms with van der Waals surface area (Å²) in [5, 5.41) is 17.7. The van der Waals surface area contributed by atoms with E-state index in [1.807, 2.05) is 6.92 Å². The molecule has 2 N–H and O–H groups in total. The van der Waals surface area contributed by atoms with E-state index in [-0.39, 0.29) is 18.1 Å². The molecule has 0 radical (unpaired) electrons. The Morgan fingerprint density at radius 2 is 2.30 bits per heavy atom. The molecule has 2 aromatic heterocycles. The highest BCUT2D eigenvalue weighted by Crippen LogP contribution is 2.09. The number of carboxylic acids is 1.